The van der Waals surface area contributed by atoms with Gasteiger partial charge in [-0.3, -0.25) is 9.59 Å². The fourth-order valence-electron chi connectivity index (χ4n) is 3.00. The lowest BCUT2D eigenvalue weighted by atomic mass is 9.85. The Balaban J connectivity index is 2.04. The van der Waals surface area contributed by atoms with Crippen LogP contribution in [0.4, 0.5) is 0 Å². The minimum absolute atomic E-state index is 0.0700. The van der Waals surface area contributed by atoms with E-state index >= 15 is 0 Å². The minimum Gasteiger partial charge on any atom is -0.481 e. The average molecular weight is 383 g/mol. The van der Waals surface area contributed by atoms with Gasteiger partial charge in [-0.1, -0.05) is 26.0 Å². The molecule has 1 aliphatic rings. The van der Waals surface area contributed by atoms with Crippen LogP contribution in [0.2, 0.25) is 0 Å². The summed E-state index contributed by atoms with van der Waals surface area (Å²) in [6.45, 7) is 4.73. The molecule has 1 aliphatic heterocycles. The third kappa shape index (κ3) is 5.54. The Morgan fingerprint density at radius 3 is 2.38 bits per heavy atom. The standard InChI is InChI=1S/C18H25NO6S/c1-18(2,11-17(21)22)10-16(20)19-8-9-25-15(12-19)13-4-6-14(7-5-13)26(3,23)24/h4-7,15H,8-12H2,1-3H3,(H,21,22). The maximum absolute atomic E-state index is 12.6. The number of carboxylic acids is 1. The van der Waals surface area contributed by atoms with Crippen molar-refractivity contribution in [1.29, 1.82) is 0 Å². The van der Waals surface area contributed by atoms with Crippen LogP contribution in [0, 0.1) is 5.41 Å². The molecule has 1 saturated heterocycles. The highest BCUT2D eigenvalue weighted by Crippen LogP contribution is 2.28. The Morgan fingerprint density at radius 2 is 1.85 bits per heavy atom. The van der Waals surface area contributed by atoms with Crippen LogP contribution in [0.5, 0.6) is 0 Å². The van der Waals surface area contributed by atoms with E-state index in [0.29, 0.717) is 19.7 Å². The van der Waals surface area contributed by atoms with Crippen LogP contribution in [0.3, 0.4) is 0 Å². The molecular weight excluding hydrogens is 358 g/mol. The Labute approximate surface area is 153 Å². The molecule has 0 aliphatic carbocycles. The molecule has 1 aromatic carbocycles. The van der Waals surface area contributed by atoms with Gasteiger partial charge in [0, 0.05) is 19.2 Å². The number of amides is 1. The molecule has 2 rings (SSSR count). The molecule has 144 valence electrons. The van der Waals surface area contributed by atoms with Crippen LogP contribution in [0.15, 0.2) is 29.2 Å². The van der Waals surface area contributed by atoms with Crippen LogP contribution in [-0.4, -0.2) is 56.3 Å². The quantitative estimate of drug-likeness (QED) is 0.805. The molecule has 7 nitrogen and oxygen atoms in total. The van der Waals surface area contributed by atoms with E-state index in [1.807, 2.05) is 0 Å². The third-order valence-electron chi connectivity index (χ3n) is 4.36. The highest BCUT2D eigenvalue weighted by molar-refractivity contribution is 7.90. The first-order valence-corrected chi connectivity index (χ1v) is 10.3. The summed E-state index contributed by atoms with van der Waals surface area (Å²) in [6, 6.07) is 6.46. The minimum atomic E-state index is -3.26. The van der Waals surface area contributed by atoms with Crippen molar-refractivity contribution in [2.75, 3.05) is 26.0 Å². The van der Waals surface area contributed by atoms with Gasteiger partial charge in [0.25, 0.3) is 0 Å². The zero-order chi connectivity index (χ0) is 19.5. The Kier molecular flexibility index (Phi) is 6.08. The lowest BCUT2D eigenvalue weighted by molar-refractivity contribution is -0.143. The fraction of sp³-hybridized carbons (Fsp3) is 0.556. The predicted octanol–water partition coefficient (Wildman–Crippen LogP) is 1.88. The number of benzene rings is 1. The molecular formula is C18H25NO6S. The van der Waals surface area contributed by atoms with Crippen LogP contribution in [0.1, 0.15) is 38.4 Å². The summed E-state index contributed by atoms with van der Waals surface area (Å²) in [7, 11) is -3.26. The largest absolute Gasteiger partial charge is 0.481 e. The average Bonchev–Trinajstić information content (AvgIpc) is 2.52. The number of carboxylic acid groups (broad SMARTS) is 1. The summed E-state index contributed by atoms with van der Waals surface area (Å²) in [6.07, 6.45) is 0.903. The van der Waals surface area contributed by atoms with Crippen LogP contribution < -0.4 is 0 Å². The second-order valence-electron chi connectivity index (χ2n) is 7.45. The van der Waals surface area contributed by atoms with Gasteiger partial charge in [-0.15, -0.1) is 0 Å². The molecule has 1 N–H and O–H groups in total. The van der Waals surface area contributed by atoms with Gasteiger partial charge in [0.05, 0.1) is 24.5 Å². The number of hydrogen-bond donors (Lipinski definition) is 1. The first-order valence-electron chi connectivity index (χ1n) is 8.39. The second-order valence-corrected chi connectivity index (χ2v) is 9.47. The zero-order valence-electron chi connectivity index (χ0n) is 15.3. The van der Waals surface area contributed by atoms with E-state index in [1.165, 1.54) is 12.1 Å². The summed E-state index contributed by atoms with van der Waals surface area (Å²) in [4.78, 5) is 25.4. The topological polar surface area (TPSA) is 101 Å². The number of carbonyl (C=O) groups is 2. The number of carbonyl (C=O) groups excluding carboxylic acids is 1. The van der Waals surface area contributed by atoms with Gasteiger partial charge in [0.2, 0.25) is 5.91 Å². The first kappa shape index (κ1) is 20.4. The SMILES string of the molecule is CC(C)(CC(=O)O)CC(=O)N1CCOC(c2ccc(S(C)(=O)=O)cc2)C1. The normalized spacial score (nSPS) is 18.6. The molecule has 0 bridgehead atoms. The van der Waals surface area contributed by atoms with E-state index in [0.717, 1.165) is 11.8 Å². The highest BCUT2D eigenvalue weighted by Gasteiger charge is 2.31. The number of ether oxygens (including phenoxy) is 1. The van der Waals surface area contributed by atoms with Gasteiger partial charge in [-0.25, -0.2) is 8.42 Å². The molecule has 1 fully saturated rings. The molecule has 26 heavy (non-hydrogen) atoms. The van der Waals surface area contributed by atoms with Gasteiger partial charge in [0.15, 0.2) is 9.84 Å². The summed E-state index contributed by atoms with van der Waals surface area (Å²) >= 11 is 0. The molecule has 1 aromatic rings. The van der Waals surface area contributed by atoms with Crippen LogP contribution >= 0.6 is 0 Å². The predicted molar refractivity (Wildman–Crippen MR) is 95.5 cm³/mol. The van der Waals surface area contributed by atoms with E-state index in [2.05, 4.69) is 0 Å². The van der Waals surface area contributed by atoms with Crippen molar-refractivity contribution in [3.63, 3.8) is 0 Å². The summed E-state index contributed by atoms with van der Waals surface area (Å²) in [5, 5.41) is 8.95. The number of morpholine rings is 1. The van der Waals surface area contributed by atoms with Crippen LogP contribution in [0.25, 0.3) is 0 Å². The van der Waals surface area contributed by atoms with Crippen molar-refractivity contribution >= 4 is 21.7 Å². The maximum Gasteiger partial charge on any atom is 0.303 e. The van der Waals surface area contributed by atoms with Crippen molar-refractivity contribution in [3.05, 3.63) is 29.8 Å². The smallest absolute Gasteiger partial charge is 0.303 e. The molecule has 1 unspecified atom stereocenters. The molecule has 1 atom stereocenters. The molecule has 0 saturated carbocycles. The number of nitrogens with zero attached hydrogens (tertiary/aromatic N) is 1. The summed E-state index contributed by atoms with van der Waals surface area (Å²) in [5.74, 6) is -1.02. The van der Waals surface area contributed by atoms with Crippen molar-refractivity contribution in [3.8, 4) is 0 Å². The van der Waals surface area contributed by atoms with Crippen molar-refractivity contribution in [2.24, 2.45) is 5.41 Å². The van der Waals surface area contributed by atoms with Gasteiger partial charge in [-0.2, -0.15) is 0 Å². The first-order chi connectivity index (χ1) is 12.0. The summed E-state index contributed by atoms with van der Waals surface area (Å²) in [5.41, 5.74) is 0.188. The Morgan fingerprint density at radius 1 is 1.23 bits per heavy atom. The Bertz CT molecular complexity index is 769. The molecule has 8 heteroatoms. The molecule has 0 aromatic heterocycles. The van der Waals surface area contributed by atoms with Crippen molar-refractivity contribution in [1.82, 2.24) is 4.90 Å². The van der Waals surface area contributed by atoms with E-state index in [1.54, 1.807) is 30.9 Å². The number of rotatable bonds is 6. The van der Waals surface area contributed by atoms with Crippen molar-refractivity contribution in [2.45, 2.75) is 37.7 Å². The molecule has 0 spiro atoms. The zero-order valence-corrected chi connectivity index (χ0v) is 16.1. The van der Waals surface area contributed by atoms with E-state index in [9.17, 15) is 18.0 Å². The van der Waals surface area contributed by atoms with Gasteiger partial charge >= 0.3 is 5.97 Å². The van der Waals surface area contributed by atoms with Crippen LogP contribution in [-0.2, 0) is 24.2 Å². The maximum atomic E-state index is 12.6. The van der Waals surface area contributed by atoms with Gasteiger partial charge in [0.1, 0.15) is 6.10 Å². The second kappa shape index (κ2) is 7.75. The lowest BCUT2D eigenvalue weighted by Gasteiger charge is -2.35. The Hall–Kier alpha value is -1.93. The van der Waals surface area contributed by atoms with E-state index < -0.39 is 21.2 Å². The molecule has 1 amide bonds. The number of sulfone groups is 1. The molecule has 1 heterocycles. The van der Waals surface area contributed by atoms with Gasteiger partial charge < -0.3 is 14.7 Å². The van der Waals surface area contributed by atoms with Crippen molar-refractivity contribution < 1.29 is 27.9 Å². The lowest BCUT2D eigenvalue weighted by Crippen LogP contribution is -2.43. The third-order valence-corrected chi connectivity index (χ3v) is 5.49. The fourth-order valence-corrected chi connectivity index (χ4v) is 3.63. The molecule has 0 radical (unpaired) electrons. The summed E-state index contributed by atoms with van der Waals surface area (Å²) < 4.78 is 28.8. The van der Waals surface area contributed by atoms with E-state index in [-0.39, 0.29) is 29.7 Å². The van der Waals surface area contributed by atoms with E-state index in [4.69, 9.17) is 9.84 Å². The number of aliphatic carboxylic acids is 1. The van der Waals surface area contributed by atoms with Gasteiger partial charge in [-0.05, 0) is 23.1 Å². The highest BCUT2D eigenvalue weighted by atomic mass is 32.2. The monoisotopic (exact) mass is 383 g/mol. The number of hydrogen-bond acceptors (Lipinski definition) is 5.